The van der Waals surface area contributed by atoms with Crippen LogP contribution in [0.1, 0.15) is 57.6 Å². The fraction of sp³-hybridized carbons (Fsp3) is 0.423. The summed E-state index contributed by atoms with van der Waals surface area (Å²) >= 11 is 0. The summed E-state index contributed by atoms with van der Waals surface area (Å²) in [6.45, 7) is 6.04. The van der Waals surface area contributed by atoms with Gasteiger partial charge in [-0.1, -0.05) is 31.0 Å². The molecule has 0 amide bonds. The van der Waals surface area contributed by atoms with Crippen LogP contribution in [0.2, 0.25) is 0 Å². The van der Waals surface area contributed by atoms with Crippen LogP contribution in [0.15, 0.2) is 54.6 Å². The molecule has 1 heterocycles. The molecule has 2 N–H and O–H groups in total. The Balaban J connectivity index is 1.54. The number of aryl methyl sites for hydroxylation is 1. The first-order valence-corrected chi connectivity index (χ1v) is 13.7. The van der Waals surface area contributed by atoms with Gasteiger partial charge in [0.05, 0.1) is 16.8 Å². The van der Waals surface area contributed by atoms with Crippen LogP contribution >= 0.6 is 0 Å². The van der Waals surface area contributed by atoms with Crippen LogP contribution in [-0.4, -0.2) is 24.2 Å². The molecule has 1 fully saturated rings. The number of hydrogen-bond donors (Lipinski definition) is 2. The quantitative estimate of drug-likeness (QED) is 0.352. The number of ether oxygens (including phenoxy) is 1. The maximum atomic E-state index is 12.8. The van der Waals surface area contributed by atoms with Crippen molar-refractivity contribution < 1.29 is 26.3 Å². The van der Waals surface area contributed by atoms with Crippen molar-refractivity contribution in [1.29, 1.82) is 0 Å². The maximum absolute atomic E-state index is 12.8. The van der Waals surface area contributed by atoms with Crippen molar-refractivity contribution in [2.24, 2.45) is 0 Å². The van der Waals surface area contributed by atoms with E-state index in [1.807, 2.05) is 31.2 Å². The van der Waals surface area contributed by atoms with Crippen LogP contribution in [-0.2, 0) is 28.5 Å². The molecule has 0 spiro atoms. The van der Waals surface area contributed by atoms with E-state index in [-0.39, 0.29) is 17.7 Å². The topological polar surface area (TPSA) is 85.2 Å². The highest BCUT2D eigenvalue weighted by Gasteiger charge is 2.31. The van der Waals surface area contributed by atoms with E-state index in [9.17, 15) is 21.6 Å². The first-order chi connectivity index (χ1) is 17.4. The number of rotatable bonds is 9. The second-order valence-electron chi connectivity index (χ2n) is 9.72. The summed E-state index contributed by atoms with van der Waals surface area (Å²) in [6, 6.07) is 13.6. The summed E-state index contributed by atoms with van der Waals surface area (Å²) in [7, 11) is -3.71. The van der Waals surface area contributed by atoms with Crippen LogP contribution in [0.3, 0.4) is 0 Å². The molecule has 0 unspecified atom stereocenters. The van der Waals surface area contributed by atoms with E-state index < -0.39 is 27.5 Å². The standard InChI is InChI=1S/C26H31F3N4O3S/c1-4-33-23(17-24(30-33)36-22-14-12-19(13-15-22)26(27,28)29)18-8-7-9-20(16-18)25(2,3)32-37(34,35)31-21-10-5-6-11-21/h7-9,12-17,21,31-32H,4-6,10-11H2,1-3H3. The SMILES string of the molecule is CCn1nc(Oc2ccc(C(F)(F)F)cc2)cc1-c1cccc(C(C)(C)NS(=O)(=O)NC2CCCC2)c1. The Hall–Kier alpha value is -2.89. The summed E-state index contributed by atoms with van der Waals surface area (Å²) in [5.74, 6) is 0.474. The van der Waals surface area contributed by atoms with Gasteiger partial charge in [-0.2, -0.15) is 31.0 Å². The van der Waals surface area contributed by atoms with E-state index >= 15 is 0 Å². The second-order valence-corrected chi connectivity index (χ2v) is 11.2. The Morgan fingerprint density at radius 1 is 1.03 bits per heavy atom. The Kier molecular flexibility index (Phi) is 7.68. The van der Waals surface area contributed by atoms with Gasteiger partial charge in [0.1, 0.15) is 5.75 Å². The molecule has 3 aromatic rings. The molecule has 11 heteroatoms. The first-order valence-electron chi connectivity index (χ1n) is 12.2. The number of benzene rings is 2. The summed E-state index contributed by atoms with van der Waals surface area (Å²) in [5.41, 5.74) is 0.639. The molecule has 0 aliphatic heterocycles. The minimum Gasteiger partial charge on any atom is -0.438 e. The Morgan fingerprint density at radius 2 is 1.70 bits per heavy atom. The molecule has 0 atom stereocenters. The average molecular weight is 537 g/mol. The zero-order valence-corrected chi connectivity index (χ0v) is 21.8. The molecule has 0 radical (unpaired) electrons. The van der Waals surface area contributed by atoms with Crippen molar-refractivity contribution >= 4 is 10.2 Å². The number of nitrogens with zero attached hydrogens (tertiary/aromatic N) is 2. The fourth-order valence-corrected chi connectivity index (χ4v) is 6.03. The molecule has 1 aliphatic carbocycles. The predicted octanol–water partition coefficient (Wildman–Crippen LogP) is 5.98. The molecule has 0 saturated heterocycles. The van der Waals surface area contributed by atoms with Crippen LogP contribution in [0.4, 0.5) is 13.2 Å². The molecule has 37 heavy (non-hydrogen) atoms. The molecule has 7 nitrogen and oxygen atoms in total. The van der Waals surface area contributed by atoms with Gasteiger partial charge >= 0.3 is 6.18 Å². The van der Waals surface area contributed by atoms with Crippen molar-refractivity contribution in [3.63, 3.8) is 0 Å². The number of aromatic nitrogens is 2. The zero-order valence-electron chi connectivity index (χ0n) is 21.0. The van der Waals surface area contributed by atoms with Gasteiger partial charge in [0.15, 0.2) is 0 Å². The van der Waals surface area contributed by atoms with Crippen molar-refractivity contribution in [1.82, 2.24) is 19.2 Å². The summed E-state index contributed by atoms with van der Waals surface area (Å²) in [4.78, 5) is 0. The third-order valence-electron chi connectivity index (χ3n) is 6.41. The number of alkyl halides is 3. The molecule has 4 rings (SSSR count). The van der Waals surface area contributed by atoms with E-state index in [1.165, 1.54) is 12.1 Å². The van der Waals surface area contributed by atoms with Crippen LogP contribution in [0, 0.1) is 0 Å². The highest BCUT2D eigenvalue weighted by atomic mass is 32.2. The number of nitrogens with one attached hydrogen (secondary N) is 2. The van der Waals surface area contributed by atoms with Crippen molar-refractivity contribution in [2.75, 3.05) is 0 Å². The third-order valence-corrected chi connectivity index (χ3v) is 7.83. The van der Waals surface area contributed by atoms with Gasteiger partial charge in [-0.15, -0.1) is 5.10 Å². The van der Waals surface area contributed by atoms with Gasteiger partial charge in [0.25, 0.3) is 10.2 Å². The highest BCUT2D eigenvalue weighted by molar-refractivity contribution is 7.87. The second kappa shape index (κ2) is 10.5. The molecule has 1 aliphatic rings. The summed E-state index contributed by atoms with van der Waals surface area (Å²) in [6.07, 6.45) is -0.693. The lowest BCUT2D eigenvalue weighted by Crippen LogP contribution is -2.49. The molecule has 0 bridgehead atoms. The molecule has 2 aromatic carbocycles. The monoisotopic (exact) mass is 536 g/mol. The van der Waals surface area contributed by atoms with Gasteiger partial charge in [-0.05, 0) is 69.5 Å². The van der Waals surface area contributed by atoms with E-state index in [2.05, 4.69) is 14.5 Å². The Morgan fingerprint density at radius 3 is 2.32 bits per heavy atom. The van der Waals surface area contributed by atoms with Crippen molar-refractivity contribution in [3.8, 4) is 22.9 Å². The molecular weight excluding hydrogens is 505 g/mol. The van der Waals surface area contributed by atoms with Gasteiger partial charge < -0.3 is 4.74 Å². The predicted molar refractivity (Wildman–Crippen MR) is 135 cm³/mol. The Labute approximate surface area is 215 Å². The first kappa shape index (κ1) is 27.2. The van der Waals surface area contributed by atoms with E-state index in [1.54, 1.807) is 24.6 Å². The smallest absolute Gasteiger partial charge is 0.416 e. The van der Waals surface area contributed by atoms with Crippen molar-refractivity contribution in [3.05, 3.63) is 65.7 Å². The molecule has 200 valence electrons. The largest absolute Gasteiger partial charge is 0.438 e. The van der Waals surface area contributed by atoms with E-state index in [0.29, 0.717) is 6.54 Å². The van der Waals surface area contributed by atoms with Gasteiger partial charge in [0, 0.05) is 24.2 Å². The molecule has 1 saturated carbocycles. The molecular formula is C26H31F3N4O3S. The van der Waals surface area contributed by atoms with E-state index in [4.69, 9.17) is 4.74 Å². The highest BCUT2D eigenvalue weighted by Crippen LogP contribution is 2.33. The van der Waals surface area contributed by atoms with Gasteiger partial charge in [0.2, 0.25) is 5.88 Å². The fourth-order valence-electron chi connectivity index (χ4n) is 4.50. The third kappa shape index (κ3) is 6.71. The van der Waals surface area contributed by atoms with Crippen molar-refractivity contribution in [2.45, 2.75) is 70.8 Å². The van der Waals surface area contributed by atoms with Crippen LogP contribution < -0.4 is 14.2 Å². The lowest BCUT2D eigenvalue weighted by molar-refractivity contribution is -0.137. The lowest BCUT2D eigenvalue weighted by Gasteiger charge is -2.28. The maximum Gasteiger partial charge on any atom is 0.416 e. The zero-order chi connectivity index (χ0) is 26.8. The number of halogens is 3. The minimum absolute atomic E-state index is 0.0402. The minimum atomic E-state index is -4.42. The molecule has 1 aromatic heterocycles. The normalized spacial score (nSPS) is 15.3. The van der Waals surface area contributed by atoms with E-state index in [0.717, 1.165) is 54.6 Å². The van der Waals surface area contributed by atoms with Gasteiger partial charge in [-0.25, -0.2) is 0 Å². The summed E-state index contributed by atoms with van der Waals surface area (Å²) < 4.78 is 77.0. The summed E-state index contributed by atoms with van der Waals surface area (Å²) in [5, 5.41) is 4.43. The van der Waals surface area contributed by atoms with Crippen LogP contribution in [0.25, 0.3) is 11.3 Å². The number of hydrogen-bond acceptors (Lipinski definition) is 4. The Bertz CT molecular complexity index is 1330. The average Bonchev–Trinajstić information content (AvgIpc) is 3.47. The van der Waals surface area contributed by atoms with Gasteiger partial charge in [-0.3, -0.25) is 4.68 Å². The van der Waals surface area contributed by atoms with Crippen LogP contribution in [0.5, 0.6) is 11.6 Å². The lowest BCUT2D eigenvalue weighted by atomic mass is 9.93.